The van der Waals surface area contributed by atoms with Gasteiger partial charge in [-0.2, -0.15) is 0 Å². The zero-order valence-electron chi connectivity index (χ0n) is 13.1. The zero-order chi connectivity index (χ0) is 16.1. The summed E-state index contributed by atoms with van der Waals surface area (Å²) in [5, 5.41) is 0. The lowest BCUT2D eigenvalue weighted by Gasteiger charge is -2.18. The van der Waals surface area contributed by atoms with Crippen LogP contribution >= 0.6 is 0 Å². The number of hydrogen-bond donors (Lipinski definition) is 0. The quantitative estimate of drug-likeness (QED) is 0.766. The Balaban J connectivity index is 2.55. The largest absolute Gasteiger partial charge is 0.493 e. The van der Waals surface area contributed by atoms with E-state index < -0.39 is 0 Å². The average molecular weight is 301 g/mol. The number of rotatable bonds is 6. The third-order valence-corrected chi connectivity index (χ3v) is 3.03. The minimum absolute atomic E-state index is 0.00911. The van der Waals surface area contributed by atoms with Crippen LogP contribution in [-0.4, -0.2) is 31.6 Å². The normalized spacial score (nSPS) is 10.4. The van der Waals surface area contributed by atoms with E-state index in [4.69, 9.17) is 14.2 Å². The van der Waals surface area contributed by atoms with Crippen LogP contribution in [0.1, 0.15) is 24.2 Å². The number of benzene rings is 1. The fourth-order valence-electron chi connectivity index (χ4n) is 2.06. The summed E-state index contributed by atoms with van der Waals surface area (Å²) >= 11 is 0. The molecule has 22 heavy (non-hydrogen) atoms. The van der Waals surface area contributed by atoms with E-state index in [0.717, 1.165) is 11.8 Å². The molecule has 0 saturated carbocycles. The Hall–Kier alpha value is -2.56. The molecule has 0 saturated heterocycles. The molecular formula is C17H19NO4. The Morgan fingerprint density at radius 1 is 1.09 bits per heavy atom. The van der Waals surface area contributed by atoms with Gasteiger partial charge in [-0.15, -0.1) is 0 Å². The predicted molar refractivity (Wildman–Crippen MR) is 83.9 cm³/mol. The van der Waals surface area contributed by atoms with Gasteiger partial charge >= 0.3 is 0 Å². The molecule has 0 bridgehead atoms. The Morgan fingerprint density at radius 2 is 1.73 bits per heavy atom. The fraction of sp³-hybridized carbons (Fsp3) is 0.294. The van der Waals surface area contributed by atoms with Crippen molar-refractivity contribution < 1.29 is 19.0 Å². The maximum Gasteiger partial charge on any atom is 0.203 e. The molecule has 1 aromatic heterocycles. The lowest BCUT2D eigenvalue weighted by molar-refractivity contribution is 0.112. The third kappa shape index (κ3) is 3.36. The molecule has 0 aliphatic heterocycles. The molecule has 0 spiro atoms. The summed E-state index contributed by atoms with van der Waals surface area (Å²) in [7, 11) is 3.14. The number of methoxy groups -OCH3 is 2. The first-order chi connectivity index (χ1) is 10.6. The van der Waals surface area contributed by atoms with E-state index in [1.165, 1.54) is 0 Å². The number of ether oxygens (including phenoxy) is 3. The Morgan fingerprint density at radius 3 is 2.23 bits per heavy atom. The third-order valence-electron chi connectivity index (χ3n) is 3.03. The molecule has 1 aromatic carbocycles. The van der Waals surface area contributed by atoms with Crippen molar-refractivity contribution in [1.82, 2.24) is 4.98 Å². The van der Waals surface area contributed by atoms with E-state index in [1.54, 1.807) is 32.5 Å². The fourth-order valence-corrected chi connectivity index (χ4v) is 2.06. The number of hydrogen-bond acceptors (Lipinski definition) is 5. The van der Waals surface area contributed by atoms with Gasteiger partial charge in [0.1, 0.15) is 6.29 Å². The summed E-state index contributed by atoms with van der Waals surface area (Å²) in [6.45, 7) is 3.86. The molecule has 0 aliphatic carbocycles. The average Bonchev–Trinajstić information content (AvgIpc) is 2.54. The van der Waals surface area contributed by atoms with E-state index in [9.17, 15) is 4.79 Å². The molecule has 0 atom stereocenters. The molecule has 5 heteroatoms. The topological polar surface area (TPSA) is 57.7 Å². The highest BCUT2D eigenvalue weighted by Gasteiger charge is 2.16. The van der Waals surface area contributed by atoms with E-state index in [0.29, 0.717) is 28.5 Å². The van der Waals surface area contributed by atoms with E-state index in [2.05, 4.69) is 4.98 Å². The maximum absolute atomic E-state index is 10.9. The van der Waals surface area contributed by atoms with Crippen molar-refractivity contribution in [1.29, 1.82) is 0 Å². The molecule has 0 N–H and O–H groups in total. The van der Waals surface area contributed by atoms with Crippen LogP contribution in [0.3, 0.4) is 0 Å². The first-order valence-electron chi connectivity index (χ1n) is 6.93. The standard InChI is InChI=1S/C17H19NO4/c1-11(2)22-17-15(20-3)8-13(9-16(17)21-4)14-7-12(10-19)5-6-18-14/h5-11H,1-4H3. The summed E-state index contributed by atoms with van der Waals surface area (Å²) in [4.78, 5) is 15.2. The zero-order valence-corrected chi connectivity index (χ0v) is 13.1. The van der Waals surface area contributed by atoms with Crippen LogP contribution in [0.25, 0.3) is 11.3 Å². The lowest BCUT2D eigenvalue weighted by atomic mass is 10.1. The minimum atomic E-state index is -0.00911. The van der Waals surface area contributed by atoms with Gasteiger partial charge in [-0.3, -0.25) is 9.78 Å². The van der Waals surface area contributed by atoms with Crippen LogP contribution in [0.2, 0.25) is 0 Å². The lowest BCUT2D eigenvalue weighted by Crippen LogP contribution is -2.08. The highest BCUT2D eigenvalue weighted by atomic mass is 16.5. The number of aromatic nitrogens is 1. The summed E-state index contributed by atoms with van der Waals surface area (Å²) in [6, 6.07) is 7.00. The first kappa shape index (κ1) is 15.8. The minimum Gasteiger partial charge on any atom is -0.493 e. The van der Waals surface area contributed by atoms with Gasteiger partial charge in [-0.25, -0.2) is 0 Å². The molecule has 0 fully saturated rings. The predicted octanol–water partition coefficient (Wildman–Crippen LogP) is 3.37. The van der Waals surface area contributed by atoms with Crippen LogP contribution in [-0.2, 0) is 0 Å². The van der Waals surface area contributed by atoms with Gasteiger partial charge in [0.2, 0.25) is 5.75 Å². The van der Waals surface area contributed by atoms with Crippen LogP contribution in [0.15, 0.2) is 30.5 Å². The second-order valence-corrected chi connectivity index (χ2v) is 4.97. The molecule has 116 valence electrons. The van der Waals surface area contributed by atoms with Crippen LogP contribution in [0, 0.1) is 0 Å². The van der Waals surface area contributed by atoms with Crippen molar-refractivity contribution in [2.75, 3.05) is 14.2 Å². The number of carbonyl (C=O) groups excluding carboxylic acids is 1. The smallest absolute Gasteiger partial charge is 0.203 e. The molecule has 5 nitrogen and oxygen atoms in total. The van der Waals surface area contributed by atoms with Crippen molar-refractivity contribution in [3.8, 4) is 28.5 Å². The summed E-state index contributed by atoms with van der Waals surface area (Å²) in [6.07, 6.45) is 2.37. The molecular weight excluding hydrogens is 282 g/mol. The number of aldehydes is 1. The summed E-state index contributed by atoms with van der Waals surface area (Å²) in [5.41, 5.74) is 2.01. The first-order valence-corrected chi connectivity index (χ1v) is 6.93. The summed E-state index contributed by atoms with van der Waals surface area (Å²) < 4.78 is 16.6. The van der Waals surface area contributed by atoms with Gasteiger partial charge in [0.05, 0.1) is 26.0 Å². The Bertz CT molecular complexity index is 642. The highest BCUT2D eigenvalue weighted by molar-refractivity contribution is 5.78. The van der Waals surface area contributed by atoms with Gasteiger partial charge in [0.15, 0.2) is 11.5 Å². The molecule has 2 aromatic rings. The van der Waals surface area contributed by atoms with Gasteiger partial charge in [-0.05, 0) is 38.1 Å². The van der Waals surface area contributed by atoms with Crippen molar-refractivity contribution in [3.63, 3.8) is 0 Å². The van der Waals surface area contributed by atoms with Crippen molar-refractivity contribution in [3.05, 3.63) is 36.0 Å². The second-order valence-electron chi connectivity index (χ2n) is 4.97. The maximum atomic E-state index is 10.9. The molecule has 2 rings (SSSR count). The van der Waals surface area contributed by atoms with Gasteiger partial charge in [0, 0.05) is 17.3 Å². The Kier molecular flexibility index (Phi) is 4.99. The van der Waals surface area contributed by atoms with Crippen LogP contribution < -0.4 is 14.2 Å². The second kappa shape index (κ2) is 6.93. The molecule has 0 aliphatic rings. The molecule has 0 unspecified atom stereocenters. The van der Waals surface area contributed by atoms with Gasteiger partial charge in [-0.1, -0.05) is 0 Å². The van der Waals surface area contributed by atoms with E-state index in [1.807, 2.05) is 26.0 Å². The van der Waals surface area contributed by atoms with Crippen molar-refractivity contribution in [2.24, 2.45) is 0 Å². The highest BCUT2D eigenvalue weighted by Crippen LogP contribution is 2.41. The van der Waals surface area contributed by atoms with E-state index in [-0.39, 0.29) is 6.10 Å². The van der Waals surface area contributed by atoms with E-state index >= 15 is 0 Å². The Labute approximate surface area is 129 Å². The molecule has 0 amide bonds. The molecule has 1 heterocycles. The monoisotopic (exact) mass is 301 g/mol. The van der Waals surface area contributed by atoms with Crippen molar-refractivity contribution in [2.45, 2.75) is 20.0 Å². The van der Waals surface area contributed by atoms with Crippen LogP contribution in [0.4, 0.5) is 0 Å². The van der Waals surface area contributed by atoms with Gasteiger partial charge in [0.25, 0.3) is 0 Å². The number of pyridine rings is 1. The van der Waals surface area contributed by atoms with Crippen molar-refractivity contribution >= 4 is 6.29 Å². The SMILES string of the molecule is COc1cc(-c2cc(C=O)ccn2)cc(OC)c1OC(C)C. The number of carbonyl (C=O) groups is 1. The summed E-state index contributed by atoms with van der Waals surface area (Å²) in [5.74, 6) is 1.66. The number of nitrogens with zero attached hydrogens (tertiary/aromatic N) is 1. The van der Waals surface area contributed by atoms with Crippen LogP contribution in [0.5, 0.6) is 17.2 Å². The molecule has 0 radical (unpaired) electrons. The van der Waals surface area contributed by atoms with Gasteiger partial charge < -0.3 is 14.2 Å².